The Morgan fingerprint density at radius 3 is 2.87 bits per heavy atom. The number of rotatable bonds is 2. The minimum Gasteiger partial charge on any atom is -0.356 e. The third kappa shape index (κ3) is 2.47. The van der Waals surface area contributed by atoms with Crippen LogP contribution in [0.15, 0.2) is 58.0 Å². The first-order valence-corrected chi connectivity index (χ1v) is 7.99. The molecule has 0 unspecified atom stereocenters. The number of thiazole rings is 1. The number of aromatic nitrogens is 2. The zero-order chi connectivity index (χ0) is 15.8. The maximum Gasteiger partial charge on any atom is 0.254 e. The third-order valence-electron chi connectivity index (χ3n) is 3.71. The second kappa shape index (κ2) is 5.48. The SMILES string of the molecule is Cn1c(=NC(=O)Cc2noc3ccccc23)sc2ccccc21. The monoisotopic (exact) mass is 323 g/mol. The summed E-state index contributed by atoms with van der Waals surface area (Å²) in [5.41, 5.74) is 2.37. The molecule has 0 radical (unpaired) electrons. The van der Waals surface area contributed by atoms with E-state index in [0.717, 1.165) is 15.6 Å². The summed E-state index contributed by atoms with van der Waals surface area (Å²) in [5.74, 6) is -0.230. The number of carbonyl (C=O) groups excluding carboxylic acids is 1. The summed E-state index contributed by atoms with van der Waals surface area (Å²) in [7, 11) is 1.91. The van der Waals surface area contributed by atoms with Crippen LogP contribution in [0.25, 0.3) is 21.2 Å². The van der Waals surface area contributed by atoms with Gasteiger partial charge >= 0.3 is 0 Å². The summed E-state index contributed by atoms with van der Waals surface area (Å²) < 4.78 is 8.26. The van der Waals surface area contributed by atoms with E-state index in [2.05, 4.69) is 10.1 Å². The molecule has 0 fully saturated rings. The Morgan fingerprint density at radius 1 is 1.22 bits per heavy atom. The second-order valence-electron chi connectivity index (χ2n) is 5.22. The van der Waals surface area contributed by atoms with Crippen LogP contribution >= 0.6 is 11.3 Å². The molecule has 0 aliphatic rings. The summed E-state index contributed by atoms with van der Waals surface area (Å²) in [6.07, 6.45) is 0.130. The van der Waals surface area contributed by atoms with Crippen LogP contribution in [0.4, 0.5) is 0 Å². The van der Waals surface area contributed by atoms with Crippen molar-refractivity contribution in [3.63, 3.8) is 0 Å². The van der Waals surface area contributed by atoms with Crippen molar-refractivity contribution in [3.8, 4) is 0 Å². The van der Waals surface area contributed by atoms with E-state index in [4.69, 9.17) is 4.52 Å². The van der Waals surface area contributed by atoms with Crippen LogP contribution in [0.5, 0.6) is 0 Å². The molecule has 0 aliphatic carbocycles. The molecule has 4 aromatic rings. The molecule has 5 nitrogen and oxygen atoms in total. The van der Waals surface area contributed by atoms with E-state index in [1.54, 1.807) is 0 Å². The smallest absolute Gasteiger partial charge is 0.254 e. The van der Waals surface area contributed by atoms with Gasteiger partial charge in [0.25, 0.3) is 5.91 Å². The Kier molecular flexibility index (Phi) is 3.31. The highest BCUT2D eigenvalue weighted by Crippen LogP contribution is 2.18. The van der Waals surface area contributed by atoms with Gasteiger partial charge < -0.3 is 9.09 Å². The average Bonchev–Trinajstić information content (AvgIpc) is 3.10. The van der Waals surface area contributed by atoms with E-state index in [1.807, 2.05) is 60.1 Å². The lowest BCUT2D eigenvalue weighted by atomic mass is 10.2. The predicted molar refractivity (Wildman–Crippen MR) is 89.1 cm³/mol. The topological polar surface area (TPSA) is 60.4 Å². The highest BCUT2D eigenvalue weighted by atomic mass is 32.1. The molecule has 1 amide bonds. The normalized spacial score (nSPS) is 12.3. The quantitative estimate of drug-likeness (QED) is 0.569. The van der Waals surface area contributed by atoms with Gasteiger partial charge in [0.2, 0.25) is 0 Å². The molecule has 6 heteroatoms. The van der Waals surface area contributed by atoms with Crippen molar-refractivity contribution in [2.75, 3.05) is 0 Å². The Balaban J connectivity index is 1.70. The highest BCUT2D eigenvalue weighted by molar-refractivity contribution is 7.16. The van der Waals surface area contributed by atoms with Gasteiger partial charge in [0, 0.05) is 12.4 Å². The molecule has 4 rings (SSSR count). The van der Waals surface area contributed by atoms with Crippen molar-refractivity contribution in [2.45, 2.75) is 6.42 Å². The van der Waals surface area contributed by atoms with Gasteiger partial charge in [-0.15, -0.1) is 0 Å². The molecule has 114 valence electrons. The van der Waals surface area contributed by atoms with Gasteiger partial charge in [0.15, 0.2) is 10.4 Å². The summed E-state index contributed by atoms with van der Waals surface area (Å²) >= 11 is 1.50. The van der Waals surface area contributed by atoms with Gasteiger partial charge in [-0.3, -0.25) is 4.79 Å². The standard InChI is InChI=1S/C17H13N3O2S/c1-20-13-7-3-5-9-15(13)23-17(20)18-16(21)10-12-11-6-2-4-8-14(11)22-19-12/h2-9H,10H2,1H3. The van der Waals surface area contributed by atoms with Crippen molar-refractivity contribution in [3.05, 3.63) is 59.0 Å². The first kappa shape index (κ1) is 13.9. The highest BCUT2D eigenvalue weighted by Gasteiger charge is 2.12. The molecule has 2 aromatic carbocycles. The number of hydrogen-bond acceptors (Lipinski definition) is 4. The van der Waals surface area contributed by atoms with Crippen LogP contribution in [0.1, 0.15) is 5.69 Å². The number of amides is 1. The largest absolute Gasteiger partial charge is 0.356 e. The number of fused-ring (bicyclic) bond motifs is 2. The number of hydrogen-bond donors (Lipinski definition) is 0. The van der Waals surface area contributed by atoms with Crippen LogP contribution in [0.3, 0.4) is 0 Å². The van der Waals surface area contributed by atoms with Crippen LogP contribution in [0.2, 0.25) is 0 Å². The number of benzene rings is 2. The number of para-hydroxylation sites is 2. The Bertz CT molecular complexity index is 1090. The van der Waals surface area contributed by atoms with Crippen molar-refractivity contribution >= 4 is 38.4 Å². The van der Waals surface area contributed by atoms with E-state index in [1.165, 1.54) is 11.3 Å². The molecule has 0 aliphatic heterocycles. The lowest BCUT2D eigenvalue weighted by Crippen LogP contribution is -2.14. The molecular weight excluding hydrogens is 310 g/mol. The molecule has 0 atom stereocenters. The molecule has 2 heterocycles. The minimum absolute atomic E-state index is 0.130. The number of aryl methyl sites for hydroxylation is 1. The van der Waals surface area contributed by atoms with Crippen molar-refractivity contribution in [2.24, 2.45) is 12.0 Å². The van der Waals surface area contributed by atoms with E-state index in [9.17, 15) is 4.79 Å². The summed E-state index contributed by atoms with van der Waals surface area (Å²) in [4.78, 5) is 17.2. The van der Waals surface area contributed by atoms with Gasteiger partial charge in [-0.2, -0.15) is 4.99 Å². The maximum absolute atomic E-state index is 12.3. The van der Waals surface area contributed by atoms with Gasteiger partial charge in [-0.1, -0.05) is 40.8 Å². The molecule has 0 spiro atoms. The van der Waals surface area contributed by atoms with Crippen LogP contribution in [0, 0.1) is 0 Å². The fraction of sp³-hybridized carbons (Fsp3) is 0.118. The van der Waals surface area contributed by atoms with E-state index in [-0.39, 0.29) is 12.3 Å². The van der Waals surface area contributed by atoms with Crippen LogP contribution < -0.4 is 4.80 Å². The number of nitrogens with zero attached hydrogens (tertiary/aromatic N) is 3. The fourth-order valence-corrected chi connectivity index (χ4v) is 3.58. The minimum atomic E-state index is -0.230. The zero-order valence-electron chi connectivity index (χ0n) is 12.4. The van der Waals surface area contributed by atoms with Gasteiger partial charge in [-0.25, -0.2) is 0 Å². The fourth-order valence-electron chi connectivity index (χ4n) is 2.54. The molecule has 2 aromatic heterocycles. The summed E-state index contributed by atoms with van der Waals surface area (Å²) in [6, 6.07) is 15.5. The maximum atomic E-state index is 12.3. The van der Waals surface area contributed by atoms with Crippen molar-refractivity contribution in [1.29, 1.82) is 0 Å². The molecule has 0 bridgehead atoms. The van der Waals surface area contributed by atoms with Crippen LogP contribution in [-0.2, 0) is 18.3 Å². The molecule has 23 heavy (non-hydrogen) atoms. The Labute approximate surface area is 135 Å². The average molecular weight is 323 g/mol. The first-order valence-electron chi connectivity index (χ1n) is 7.18. The van der Waals surface area contributed by atoms with Crippen LogP contribution in [-0.4, -0.2) is 15.6 Å². The molecular formula is C17H13N3O2S. The molecule has 0 saturated carbocycles. The van der Waals surface area contributed by atoms with E-state index in [0.29, 0.717) is 16.1 Å². The van der Waals surface area contributed by atoms with Gasteiger partial charge in [0.05, 0.1) is 16.6 Å². The zero-order valence-corrected chi connectivity index (χ0v) is 13.2. The van der Waals surface area contributed by atoms with Gasteiger partial charge in [0.1, 0.15) is 5.69 Å². The first-order chi connectivity index (χ1) is 11.2. The second-order valence-corrected chi connectivity index (χ2v) is 6.23. The Morgan fingerprint density at radius 2 is 2.00 bits per heavy atom. The van der Waals surface area contributed by atoms with Gasteiger partial charge in [-0.05, 0) is 24.3 Å². The summed E-state index contributed by atoms with van der Waals surface area (Å²) in [6.45, 7) is 0. The van der Waals surface area contributed by atoms with E-state index >= 15 is 0 Å². The predicted octanol–water partition coefficient (Wildman–Crippen LogP) is 3.05. The third-order valence-corrected chi connectivity index (χ3v) is 4.82. The van der Waals surface area contributed by atoms with Crippen molar-refractivity contribution in [1.82, 2.24) is 9.72 Å². The summed E-state index contributed by atoms with van der Waals surface area (Å²) in [5, 5.41) is 4.84. The van der Waals surface area contributed by atoms with Crippen molar-refractivity contribution < 1.29 is 9.32 Å². The Hall–Kier alpha value is -2.73. The lowest BCUT2D eigenvalue weighted by Gasteiger charge is -1.94. The molecule has 0 saturated heterocycles. The lowest BCUT2D eigenvalue weighted by molar-refractivity contribution is -0.117. The molecule has 0 N–H and O–H groups in total. The van der Waals surface area contributed by atoms with E-state index < -0.39 is 0 Å². The number of carbonyl (C=O) groups is 1.